The first kappa shape index (κ1) is 23.7. The van der Waals surface area contributed by atoms with Crippen molar-refractivity contribution in [2.45, 2.75) is 45.3 Å². The van der Waals surface area contributed by atoms with Gasteiger partial charge in [0.05, 0.1) is 13.4 Å². The van der Waals surface area contributed by atoms with Gasteiger partial charge in [-0.2, -0.15) is 8.42 Å². The van der Waals surface area contributed by atoms with Gasteiger partial charge in [-0.15, -0.1) is 0 Å². The molecule has 0 aliphatic rings. The number of fused-ring (bicyclic) bond motifs is 1. The summed E-state index contributed by atoms with van der Waals surface area (Å²) in [5, 5.41) is 0.928. The van der Waals surface area contributed by atoms with Gasteiger partial charge in [0.2, 0.25) is 5.60 Å². The molecule has 0 saturated carbocycles. The van der Waals surface area contributed by atoms with E-state index in [4.69, 9.17) is 13.7 Å². The van der Waals surface area contributed by atoms with E-state index in [9.17, 15) is 13.2 Å². The Balaban J connectivity index is 1.58. The molecule has 2 aromatic carbocycles. The lowest BCUT2D eigenvalue weighted by Gasteiger charge is -2.26. The van der Waals surface area contributed by atoms with Crippen molar-refractivity contribution >= 4 is 27.0 Å². The summed E-state index contributed by atoms with van der Waals surface area (Å²) in [7, 11) is -2.18. The summed E-state index contributed by atoms with van der Waals surface area (Å²) in [5.74, 6) is 0.552. The SMILES string of the molecule is CC[C@@](C)(Oc1ccc(CCCn2ccc3cc(OS(C)(=O)=O)ccc32)cc1)C(=O)OC. The van der Waals surface area contributed by atoms with Crippen LogP contribution in [0.2, 0.25) is 0 Å². The lowest BCUT2D eigenvalue weighted by Crippen LogP contribution is -2.41. The summed E-state index contributed by atoms with van der Waals surface area (Å²) in [6.45, 7) is 4.43. The van der Waals surface area contributed by atoms with Crippen LogP contribution in [0.3, 0.4) is 0 Å². The summed E-state index contributed by atoms with van der Waals surface area (Å²) < 4.78 is 40.4. The molecule has 0 N–H and O–H groups in total. The first-order valence-corrected chi connectivity index (χ1v) is 12.3. The maximum Gasteiger partial charge on any atom is 0.349 e. The maximum absolute atomic E-state index is 12.0. The van der Waals surface area contributed by atoms with Crippen LogP contribution in [0.25, 0.3) is 10.9 Å². The van der Waals surface area contributed by atoms with Crippen LogP contribution in [-0.4, -0.2) is 37.9 Å². The predicted molar refractivity (Wildman–Crippen MR) is 124 cm³/mol. The van der Waals surface area contributed by atoms with Crippen molar-refractivity contribution in [3.63, 3.8) is 0 Å². The van der Waals surface area contributed by atoms with Gasteiger partial charge in [0.15, 0.2) is 0 Å². The van der Waals surface area contributed by atoms with Gasteiger partial charge in [-0.1, -0.05) is 19.1 Å². The molecule has 0 spiro atoms. The highest BCUT2D eigenvalue weighted by molar-refractivity contribution is 7.86. The first-order valence-electron chi connectivity index (χ1n) is 10.5. The molecule has 7 nitrogen and oxygen atoms in total. The van der Waals surface area contributed by atoms with Gasteiger partial charge < -0.3 is 18.2 Å². The van der Waals surface area contributed by atoms with Crippen molar-refractivity contribution in [1.29, 1.82) is 0 Å². The number of methoxy groups -OCH3 is 1. The van der Waals surface area contributed by atoms with Gasteiger partial charge >= 0.3 is 16.1 Å². The van der Waals surface area contributed by atoms with Gasteiger partial charge in [-0.05, 0) is 68.1 Å². The molecule has 0 fully saturated rings. The van der Waals surface area contributed by atoms with Crippen molar-refractivity contribution in [2.24, 2.45) is 0 Å². The number of carbonyl (C=O) groups is 1. The quantitative estimate of drug-likeness (QED) is 0.331. The maximum atomic E-state index is 12.0. The summed E-state index contributed by atoms with van der Waals surface area (Å²) >= 11 is 0. The third-order valence-electron chi connectivity index (χ3n) is 5.41. The van der Waals surface area contributed by atoms with Gasteiger partial charge in [-0.25, -0.2) is 4.79 Å². The van der Waals surface area contributed by atoms with E-state index in [1.165, 1.54) is 12.7 Å². The number of carbonyl (C=O) groups excluding carboxylic acids is 1. The highest BCUT2D eigenvalue weighted by atomic mass is 32.2. The average molecular weight is 460 g/mol. The Morgan fingerprint density at radius 1 is 1.06 bits per heavy atom. The summed E-state index contributed by atoms with van der Waals surface area (Å²) in [6, 6.07) is 15.0. The fourth-order valence-corrected chi connectivity index (χ4v) is 3.96. The zero-order chi connectivity index (χ0) is 23.4. The fourth-order valence-electron chi connectivity index (χ4n) is 3.51. The Labute approximate surface area is 189 Å². The summed E-state index contributed by atoms with van der Waals surface area (Å²) in [4.78, 5) is 12.0. The van der Waals surface area contributed by atoms with E-state index in [1.807, 2.05) is 49.5 Å². The summed E-state index contributed by atoms with van der Waals surface area (Å²) in [5.41, 5.74) is 1.20. The van der Waals surface area contributed by atoms with Crippen LogP contribution in [0.4, 0.5) is 0 Å². The zero-order valence-corrected chi connectivity index (χ0v) is 19.6. The van der Waals surface area contributed by atoms with E-state index >= 15 is 0 Å². The van der Waals surface area contributed by atoms with E-state index in [0.29, 0.717) is 17.9 Å². The normalized spacial score (nSPS) is 13.5. The topological polar surface area (TPSA) is 83.8 Å². The molecule has 0 amide bonds. The number of aryl methyl sites for hydroxylation is 2. The molecule has 0 unspecified atom stereocenters. The molecular formula is C24H29NO6S. The van der Waals surface area contributed by atoms with Crippen LogP contribution in [0.15, 0.2) is 54.7 Å². The third-order valence-corrected chi connectivity index (χ3v) is 5.91. The van der Waals surface area contributed by atoms with Gasteiger partial charge in [0, 0.05) is 23.6 Å². The Morgan fingerprint density at radius 2 is 1.75 bits per heavy atom. The molecular weight excluding hydrogens is 430 g/mol. The van der Waals surface area contributed by atoms with E-state index in [2.05, 4.69) is 4.57 Å². The number of hydrogen-bond donors (Lipinski definition) is 0. The molecule has 0 aliphatic carbocycles. The highest BCUT2D eigenvalue weighted by Gasteiger charge is 2.34. The second-order valence-electron chi connectivity index (χ2n) is 7.94. The third kappa shape index (κ3) is 5.82. The monoisotopic (exact) mass is 459 g/mol. The van der Waals surface area contributed by atoms with Crippen LogP contribution in [0.5, 0.6) is 11.5 Å². The number of hydrogen-bond acceptors (Lipinski definition) is 6. The molecule has 8 heteroatoms. The Morgan fingerprint density at radius 3 is 2.38 bits per heavy atom. The largest absolute Gasteiger partial charge is 0.476 e. The van der Waals surface area contributed by atoms with Gasteiger partial charge in [0.25, 0.3) is 0 Å². The average Bonchev–Trinajstić information content (AvgIpc) is 3.15. The fraction of sp³-hybridized carbons (Fsp3) is 0.375. The molecule has 1 atom stereocenters. The zero-order valence-electron chi connectivity index (χ0n) is 18.8. The number of aromatic nitrogens is 1. The first-order chi connectivity index (χ1) is 15.1. The molecule has 0 bridgehead atoms. The minimum atomic E-state index is -3.54. The van der Waals surface area contributed by atoms with E-state index in [-0.39, 0.29) is 0 Å². The molecule has 0 saturated heterocycles. The van der Waals surface area contributed by atoms with Crippen molar-refractivity contribution in [3.05, 3.63) is 60.3 Å². The van der Waals surface area contributed by atoms with Crippen LogP contribution < -0.4 is 8.92 Å². The van der Waals surface area contributed by atoms with Crippen LogP contribution >= 0.6 is 0 Å². The van der Waals surface area contributed by atoms with Crippen molar-refractivity contribution < 1.29 is 26.9 Å². The Kier molecular flexibility index (Phi) is 7.13. The molecule has 1 heterocycles. The van der Waals surface area contributed by atoms with Gasteiger partial charge in [-0.3, -0.25) is 0 Å². The smallest absolute Gasteiger partial charge is 0.349 e. The Hall–Kier alpha value is -3.00. The molecule has 172 valence electrons. The second kappa shape index (κ2) is 9.65. The second-order valence-corrected chi connectivity index (χ2v) is 9.52. The van der Waals surface area contributed by atoms with E-state index < -0.39 is 21.7 Å². The number of esters is 1. The minimum Gasteiger partial charge on any atom is -0.476 e. The van der Waals surface area contributed by atoms with E-state index in [0.717, 1.165) is 36.5 Å². The molecule has 3 aromatic rings. The lowest BCUT2D eigenvalue weighted by molar-refractivity contribution is -0.157. The number of nitrogens with zero attached hydrogens (tertiary/aromatic N) is 1. The molecule has 0 aliphatic heterocycles. The lowest BCUT2D eigenvalue weighted by atomic mass is 10.0. The summed E-state index contributed by atoms with van der Waals surface area (Å²) in [6.07, 6.45) is 5.35. The molecule has 1 aromatic heterocycles. The number of ether oxygens (including phenoxy) is 2. The van der Waals surface area contributed by atoms with E-state index in [1.54, 1.807) is 19.1 Å². The number of benzene rings is 2. The standard InChI is InChI=1S/C24H29NO6S/c1-5-24(2,23(26)29-3)30-20-10-8-18(9-11-20)7-6-15-25-16-14-19-17-21(12-13-22(19)25)31-32(4,27)28/h8-14,16-17H,5-7,15H2,1-4H3/t24-/m1/s1. The van der Waals surface area contributed by atoms with Crippen LogP contribution in [-0.2, 0) is 32.6 Å². The molecule has 32 heavy (non-hydrogen) atoms. The minimum absolute atomic E-state index is 0.312. The van der Waals surface area contributed by atoms with Crippen molar-refractivity contribution in [3.8, 4) is 11.5 Å². The molecule has 3 rings (SSSR count). The Bertz CT molecular complexity index is 1180. The van der Waals surface area contributed by atoms with Crippen LogP contribution in [0.1, 0.15) is 32.3 Å². The van der Waals surface area contributed by atoms with Crippen LogP contribution in [0, 0.1) is 0 Å². The van der Waals surface area contributed by atoms with Crippen molar-refractivity contribution in [2.75, 3.05) is 13.4 Å². The predicted octanol–water partition coefficient (Wildman–Crippen LogP) is 4.33. The van der Waals surface area contributed by atoms with Crippen molar-refractivity contribution in [1.82, 2.24) is 4.57 Å². The highest BCUT2D eigenvalue weighted by Crippen LogP contribution is 2.25. The van der Waals surface area contributed by atoms with Gasteiger partial charge in [0.1, 0.15) is 11.5 Å². The molecule has 0 radical (unpaired) electrons. The number of rotatable bonds is 10.